The summed E-state index contributed by atoms with van der Waals surface area (Å²) in [5, 5.41) is 8.63. The molecular formula is C11H13N5O3. The quantitative estimate of drug-likeness (QED) is 0.649. The Morgan fingerprint density at radius 3 is 2.58 bits per heavy atom. The van der Waals surface area contributed by atoms with E-state index >= 15 is 0 Å². The minimum atomic E-state index is -0.372. The van der Waals surface area contributed by atoms with Crippen LogP contribution in [0, 0.1) is 0 Å². The van der Waals surface area contributed by atoms with E-state index in [1.165, 1.54) is 17.6 Å². The smallest absolute Gasteiger partial charge is 0.343 e. The van der Waals surface area contributed by atoms with Crippen molar-refractivity contribution in [1.29, 1.82) is 0 Å². The SMILES string of the molecule is CC(=O)c1ccc(C(=O)NCc2n[nH]c(=O)n2C)[nH]1. The van der Waals surface area contributed by atoms with Crippen molar-refractivity contribution in [2.75, 3.05) is 0 Å². The lowest BCUT2D eigenvalue weighted by molar-refractivity contribution is 0.0945. The van der Waals surface area contributed by atoms with Gasteiger partial charge in [0.25, 0.3) is 5.91 Å². The molecule has 0 radical (unpaired) electrons. The Kier molecular flexibility index (Phi) is 3.32. The number of nitrogens with one attached hydrogen (secondary N) is 3. The maximum absolute atomic E-state index is 11.8. The first-order valence-corrected chi connectivity index (χ1v) is 5.57. The number of carbonyl (C=O) groups is 2. The third kappa shape index (κ3) is 2.62. The highest BCUT2D eigenvalue weighted by Gasteiger charge is 2.11. The predicted octanol–water partition coefficient (Wildman–Crippen LogP) is -0.431. The van der Waals surface area contributed by atoms with Crippen molar-refractivity contribution in [3.05, 3.63) is 39.8 Å². The largest absolute Gasteiger partial charge is 0.348 e. The summed E-state index contributed by atoms with van der Waals surface area (Å²) < 4.78 is 1.30. The summed E-state index contributed by atoms with van der Waals surface area (Å²) in [7, 11) is 1.55. The fraction of sp³-hybridized carbons (Fsp3) is 0.273. The van der Waals surface area contributed by atoms with Gasteiger partial charge in [0.05, 0.1) is 12.2 Å². The number of Topliss-reactive ketones (excluding diaryl/α,β-unsaturated/α-hetero) is 1. The summed E-state index contributed by atoms with van der Waals surface area (Å²) in [4.78, 5) is 36.7. The second-order valence-corrected chi connectivity index (χ2v) is 4.03. The average Bonchev–Trinajstić information content (AvgIpc) is 2.97. The molecular weight excluding hydrogens is 250 g/mol. The molecule has 19 heavy (non-hydrogen) atoms. The molecule has 0 spiro atoms. The molecule has 0 aliphatic carbocycles. The average molecular weight is 263 g/mol. The predicted molar refractivity (Wildman–Crippen MR) is 65.8 cm³/mol. The fourth-order valence-electron chi connectivity index (χ4n) is 1.53. The van der Waals surface area contributed by atoms with E-state index in [0.29, 0.717) is 11.5 Å². The number of aromatic nitrogens is 4. The van der Waals surface area contributed by atoms with Crippen LogP contribution in [0.4, 0.5) is 0 Å². The van der Waals surface area contributed by atoms with Gasteiger partial charge in [-0.2, -0.15) is 5.10 Å². The van der Waals surface area contributed by atoms with Crippen LogP contribution in [0.15, 0.2) is 16.9 Å². The lowest BCUT2D eigenvalue weighted by Crippen LogP contribution is -2.26. The molecule has 0 bridgehead atoms. The van der Waals surface area contributed by atoms with Crippen molar-refractivity contribution in [3.8, 4) is 0 Å². The second-order valence-electron chi connectivity index (χ2n) is 4.03. The zero-order chi connectivity index (χ0) is 14.0. The molecule has 8 nitrogen and oxygen atoms in total. The first-order valence-electron chi connectivity index (χ1n) is 5.57. The molecule has 0 aromatic carbocycles. The molecule has 8 heteroatoms. The molecule has 2 heterocycles. The number of amides is 1. The van der Waals surface area contributed by atoms with Gasteiger partial charge in [-0.1, -0.05) is 0 Å². The minimum Gasteiger partial charge on any atom is -0.348 e. The molecule has 1 amide bonds. The Balaban J connectivity index is 2.03. The molecule has 3 N–H and O–H groups in total. The van der Waals surface area contributed by atoms with Crippen molar-refractivity contribution < 1.29 is 9.59 Å². The monoisotopic (exact) mass is 263 g/mol. The van der Waals surface area contributed by atoms with E-state index in [2.05, 4.69) is 20.5 Å². The van der Waals surface area contributed by atoms with Gasteiger partial charge in [0.1, 0.15) is 5.69 Å². The van der Waals surface area contributed by atoms with E-state index in [0.717, 1.165) is 0 Å². The van der Waals surface area contributed by atoms with Gasteiger partial charge >= 0.3 is 5.69 Å². The number of rotatable bonds is 4. The molecule has 2 aromatic heterocycles. The van der Waals surface area contributed by atoms with Crippen LogP contribution in [0.25, 0.3) is 0 Å². The van der Waals surface area contributed by atoms with Crippen molar-refractivity contribution in [2.24, 2.45) is 7.05 Å². The van der Waals surface area contributed by atoms with E-state index in [1.54, 1.807) is 13.1 Å². The summed E-state index contributed by atoms with van der Waals surface area (Å²) in [6.07, 6.45) is 0. The number of nitrogens with zero attached hydrogens (tertiary/aromatic N) is 2. The number of hydrogen-bond donors (Lipinski definition) is 3. The van der Waals surface area contributed by atoms with Crippen LogP contribution >= 0.6 is 0 Å². The van der Waals surface area contributed by atoms with Crippen LogP contribution in [0.5, 0.6) is 0 Å². The van der Waals surface area contributed by atoms with Gasteiger partial charge in [-0.3, -0.25) is 14.2 Å². The van der Waals surface area contributed by atoms with E-state index in [4.69, 9.17) is 0 Å². The molecule has 2 aromatic rings. The van der Waals surface area contributed by atoms with Crippen LogP contribution < -0.4 is 11.0 Å². The topological polar surface area (TPSA) is 113 Å². The van der Waals surface area contributed by atoms with Crippen molar-refractivity contribution in [3.63, 3.8) is 0 Å². The zero-order valence-corrected chi connectivity index (χ0v) is 10.5. The number of hydrogen-bond acceptors (Lipinski definition) is 4. The summed E-state index contributed by atoms with van der Waals surface area (Å²) >= 11 is 0. The van der Waals surface area contributed by atoms with Crippen LogP contribution in [0.1, 0.15) is 33.7 Å². The molecule has 0 fully saturated rings. The summed E-state index contributed by atoms with van der Waals surface area (Å²) in [5.41, 5.74) is 0.311. The molecule has 0 unspecified atom stereocenters. The van der Waals surface area contributed by atoms with Gasteiger partial charge < -0.3 is 10.3 Å². The van der Waals surface area contributed by atoms with Gasteiger partial charge in [0, 0.05) is 14.0 Å². The van der Waals surface area contributed by atoms with Crippen LogP contribution in [-0.2, 0) is 13.6 Å². The van der Waals surface area contributed by atoms with Crippen LogP contribution in [0.3, 0.4) is 0 Å². The first-order chi connectivity index (χ1) is 8.99. The highest BCUT2D eigenvalue weighted by atomic mass is 16.2. The first kappa shape index (κ1) is 12.8. The third-order valence-electron chi connectivity index (χ3n) is 2.69. The number of aromatic amines is 2. The highest BCUT2D eigenvalue weighted by Crippen LogP contribution is 2.02. The summed E-state index contributed by atoms with van der Waals surface area (Å²) in [6, 6.07) is 3.07. The third-order valence-corrected chi connectivity index (χ3v) is 2.69. The van der Waals surface area contributed by atoms with E-state index in [1.807, 2.05) is 0 Å². The Morgan fingerprint density at radius 2 is 2.05 bits per heavy atom. The molecule has 2 rings (SSSR count). The van der Waals surface area contributed by atoms with Crippen molar-refractivity contribution in [1.82, 2.24) is 25.1 Å². The number of H-pyrrole nitrogens is 2. The number of carbonyl (C=O) groups excluding carboxylic acids is 2. The normalized spacial score (nSPS) is 10.4. The van der Waals surface area contributed by atoms with Gasteiger partial charge in [-0.15, -0.1) is 0 Å². The minimum absolute atomic E-state index is 0.114. The maximum atomic E-state index is 11.8. The lowest BCUT2D eigenvalue weighted by atomic mass is 10.3. The highest BCUT2D eigenvalue weighted by molar-refractivity contribution is 5.97. The molecule has 0 aliphatic heterocycles. The van der Waals surface area contributed by atoms with Crippen LogP contribution in [0.2, 0.25) is 0 Å². The Bertz CT molecular complexity index is 679. The number of ketones is 1. The van der Waals surface area contributed by atoms with E-state index in [-0.39, 0.29) is 29.6 Å². The molecule has 100 valence electrons. The Hall–Kier alpha value is -2.64. The van der Waals surface area contributed by atoms with Gasteiger partial charge in [-0.05, 0) is 12.1 Å². The molecule has 0 saturated heterocycles. The van der Waals surface area contributed by atoms with Gasteiger partial charge in [0.15, 0.2) is 11.6 Å². The maximum Gasteiger partial charge on any atom is 0.343 e. The van der Waals surface area contributed by atoms with Crippen LogP contribution in [-0.4, -0.2) is 31.4 Å². The lowest BCUT2D eigenvalue weighted by Gasteiger charge is -2.02. The summed E-state index contributed by atoms with van der Waals surface area (Å²) in [5.74, 6) is -0.103. The molecule has 0 atom stereocenters. The van der Waals surface area contributed by atoms with Gasteiger partial charge in [0.2, 0.25) is 0 Å². The fourth-order valence-corrected chi connectivity index (χ4v) is 1.53. The molecule has 0 saturated carbocycles. The zero-order valence-electron chi connectivity index (χ0n) is 10.5. The standard InChI is InChI=1S/C11H13N5O3/c1-6(17)7-3-4-8(13-7)10(18)12-5-9-14-15-11(19)16(9)2/h3-4,13H,5H2,1-2H3,(H,12,18)(H,15,19). The van der Waals surface area contributed by atoms with E-state index in [9.17, 15) is 14.4 Å². The second kappa shape index (κ2) is 4.92. The Labute approximate surface area is 107 Å². The van der Waals surface area contributed by atoms with Gasteiger partial charge in [-0.25, -0.2) is 9.89 Å². The molecule has 0 aliphatic rings. The Morgan fingerprint density at radius 1 is 1.37 bits per heavy atom. The summed E-state index contributed by atoms with van der Waals surface area (Å²) in [6.45, 7) is 1.52. The van der Waals surface area contributed by atoms with Crippen molar-refractivity contribution in [2.45, 2.75) is 13.5 Å². The van der Waals surface area contributed by atoms with E-state index < -0.39 is 0 Å². The van der Waals surface area contributed by atoms with Crippen molar-refractivity contribution >= 4 is 11.7 Å².